The molecule has 0 saturated carbocycles. The van der Waals surface area contributed by atoms with Gasteiger partial charge in [0.1, 0.15) is 5.82 Å². The maximum absolute atomic E-state index is 12.6. The number of carbonyl (C=O) groups is 1. The molecule has 2 aromatic heterocycles. The lowest BCUT2D eigenvalue weighted by Gasteiger charge is -2.15. The summed E-state index contributed by atoms with van der Waals surface area (Å²) in [6.07, 6.45) is 3.41. The van der Waals surface area contributed by atoms with E-state index in [0.29, 0.717) is 31.0 Å². The van der Waals surface area contributed by atoms with Gasteiger partial charge in [-0.25, -0.2) is 13.1 Å². The fourth-order valence-corrected chi connectivity index (χ4v) is 5.36. The molecule has 1 aliphatic rings. The molecule has 0 aliphatic carbocycles. The molecule has 0 unspecified atom stereocenters. The highest BCUT2D eigenvalue weighted by Crippen LogP contribution is 2.21. The third-order valence-electron chi connectivity index (χ3n) is 4.66. The van der Waals surface area contributed by atoms with Gasteiger partial charge in [-0.15, -0.1) is 11.3 Å². The number of rotatable bonds is 6. The van der Waals surface area contributed by atoms with Crippen molar-refractivity contribution in [2.75, 3.05) is 18.4 Å². The van der Waals surface area contributed by atoms with E-state index in [-0.39, 0.29) is 10.8 Å². The predicted molar refractivity (Wildman–Crippen MR) is 108 cm³/mol. The topological polar surface area (TPSA) is 84.3 Å². The molecule has 146 valence electrons. The molecule has 9 heteroatoms. The van der Waals surface area contributed by atoms with Crippen molar-refractivity contribution in [3.05, 3.63) is 64.5 Å². The minimum absolute atomic E-state index is 0.216. The van der Waals surface area contributed by atoms with Crippen LogP contribution in [0.25, 0.3) is 0 Å². The molecule has 0 radical (unpaired) electrons. The van der Waals surface area contributed by atoms with Crippen LogP contribution in [0.3, 0.4) is 0 Å². The minimum atomic E-state index is -3.48. The molecule has 3 heterocycles. The Morgan fingerprint density at radius 3 is 2.54 bits per heavy atom. The van der Waals surface area contributed by atoms with Gasteiger partial charge >= 0.3 is 0 Å². The van der Waals surface area contributed by atoms with E-state index >= 15 is 0 Å². The van der Waals surface area contributed by atoms with Crippen LogP contribution in [0, 0.1) is 0 Å². The van der Waals surface area contributed by atoms with Crippen LogP contribution in [0.15, 0.2) is 58.9 Å². The molecule has 0 bridgehead atoms. The van der Waals surface area contributed by atoms with Crippen LogP contribution in [0.4, 0.5) is 5.82 Å². The first kappa shape index (κ1) is 18.9. The van der Waals surface area contributed by atoms with Gasteiger partial charge in [-0.3, -0.25) is 4.79 Å². The zero-order valence-electron chi connectivity index (χ0n) is 15.1. The Balaban J connectivity index is 1.47. The van der Waals surface area contributed by atoms with Crippen molar-refractivity contribution in [1.29, 1.82) is 0 Å². The van der Waals surface area contributed by atoms with Gasteiger partial charge in [0.05, 0.1) is 17.6 Å². The molecular formula is C19H20N4O3S2. The number of hydrogen-bond donors (Lipinski definition) is 1. The zero-order valence-corrected chi connectivity index (χ0v) is 16.7. The van der Waals surface area contributed by atoms with Crippen molar-refractivity contribution in [2.24, 2.45) is 0 Å². The number of hydrogen-bond acceptors (Lipinski definition) is 5. The summed E-state index contributed by atoms with van der Waals surface area (Å²) in [6, 6.07) is 11.8. The van der Waals surface area contributed by atoms with Gasteiger partial charge in [0.25, 0.3) is 5.91 Å². The largest absolute Gasteiger partial charge is 0.307 e. The van der Waals surface area contributed by atoms with Crippen LogP contribution < -0.4 is 5.32 Å². The third kappa shape index (κ3) is 3.87. The summed E-state index contributed by atoms with van der Waals surface area (Å²) in [7, 11) is -3.48. The molecule has 1 aromatic carbocycles. The number of nitrogens with one attached hydrogen (secondary N) is 1. The summed E-state index contributed by atoms with van der Waals surface area (Å²) < 4.78 is 28.4. The fourth-order valence-electron chi connectivity index (χ4n) is 3.16. The highest BCUT2D eigenvalue weighted by atomic mass is 32.2. The van der Waals surface area contributed by atoms with E-state index in [4.69, 9.17) is 0 Å². The average Bonchev–Trinajstić information content (AvgIpc) is 3.46. The van der Waals surface area contributed by atoms with Gasteiger partial charge in [-0.2, -0.15) is 9.40 Å². The average molecular weight is 417 g/mol. The molecule has 3 aromatic rings. The van der Waals surface area contributed by atoms with Crippen molar-refractivity contribution >= 4 is 33.1 Å². The second-order valence-corrected chi connectivity index (χ2v) is 9.51. The van der Waals surface area contributed by atoms with Crippen molar-refractivity contribution in [3.63, 3.8) is 0 Å². The summed E-state index contributed by atoms with van der Waals surface area (Å²) in [4.78, 5) is 13.9. The Labute approximate surface area is 167 Å². The summed E-state index contributed by atoms with van der Waals surface area (Å²) in [5.41, 5.74) is 0.393. The van der Waals surface area contributed by atoms with Gasteiger partial charge in [-0.05, 0) is 48.6 Å². The van der Waals surface area contributed by atoms with Crippen molar-refractivity contribution < 1.29 is 13.2 Å². The number of anilines is 1. The van der Waals surface area contributed by atoms with Crippen LogP contribution in [-0.2, 0) is 16.6 Å². The van der Waals surface area contributed by atoms with E-state index in [1.165, 1.54) is 28.6 Å². The predicted octanol–water partition coefficient (Wildman–Crippen LogP) is 3.03. The SMILES string of the molecule is O=C(Nc1ccnn1Cc1cccs1)c1ccc(S(=O)(=O)N2CCCC2)cc1. The molecule has 4 rings (SSSR count). The Morgan fingerprint density at radius 2 is 1.86 bits per heavy atom. The number of thiophene rings is 1. The second-order valence-electron chi connectivity index (χ2n) is 6.54. The lowest BCUT2D eigenvalue weighted by Crippen LogP contribution is -2.27. The van der Waals surface area contributed by atoms with Gasteiger partial charge in [0.2, 0.25) is 10.0 Å². The number of benzene rings is 1. The summed E-state index contributed by atoms with van der Waals surface area (Å²) in [5, 5.41) is 9.09. The van der Waals surface area contributed by atoms with E-state index in [2.05, 4.69) is 10.4 Å². The van der Waals surface area contributed by atoms with Crippen molar-refractivity contribution in [1.82, 2.24) is 14.1 Å². The van der Waals surface area contributed by atoms with Crippen LogP contribution in [-0.4, -0.2) is 41.5 Å². The maximum Gasteiger partial charge on any atom is 0.256 e. The monoisotopic (exact) mass is 416 g/mol. The minimum Gasteiger partial charge on any atom is -0.307 e. The molecule has 28 heavy (non-hydrogen) atoms. The van der Waals surface area contributed by atoms with Gasteiger partial charge < -0.3 is 5.32 Å². The number of aromatic nitrogens is 2. The molecule has 1 aliphatic heterocycles. The van der Waals surface area contributed by atoms with Crippen LogP contribution >= 0.6 is 11.3 Å². The first-order valence-corrected chi connectivity index (χ1v) is 11.3. The van der Waals surface area contributed by atoms with Crippen LogP contribution in [0.1, 0.15) is 28.1 Å². The van der Waals surface area contributed by atoms with Crippen LogP contribution in [0.2, 0.25) is 0 Å². The molecule has 1 fully saturated rings. The normalized spacial score (nSPS) is 15.0. The first-order valence-electron chi connectivity index (χ1n) is 9.00. The van der Waals surface area contributed by atoms with Crippen molar-refractivity contribution in [3.8, 4) is 0 Å². The van der Waals surface area contributed by atoms with Gasteiger partial charge in [-0.1, -0.05) is 6.07 Å². The molecule has 0 atom stereocenters. The number of sulfonamides is 1. The standard InChI is InChI=1S/C19H20N4O3S2/c24-19(21-18-9-10-20-23(18)14-16-4-3-13-27-16)15-5-7-17(8-6-15)28(25,26)22-11-1-2-12-22/h3-10,13H,1-2,11-12,14H2,(H,21,24). The van der Waals surface area contributed by atoms with E-state index in [1.54, 1.807) is 28.3 Å². The van der Waals surface area contributed by atoms with Gasteiger partial charge in [0.15, 0.2) is 0 Å². The van der Waals surface area contributed by atoms with E-state index < -0.39 is 10.0 Å². The van der Waals surface area contributed by atoms with Gasteiger partial charge in [0, 0.05) is 29.6 Å². The second kappa shape index (κ2) is 7.86. The Hall–Kier alpha value is -2.49. The highest BCUT2D eigenvalue weighted by Gasteiger charge is 2.27. The first-order chi connectivity index (χ1) is 13.5. The highest BCUT2D eigenvalue weighted by molar-refractivity contribution is 7.89. The Morgan fingerprint density at radius 1 is 1.11 bits per heavy atom. The number of amides is 1. The summed E-state index contributed by atoms with van der Waals surface area (Å²) in [5.74, 6) is 0.283. The molecule has 0 spiro atoms. The van der Waals surface area contributed by atoms with Crippen molar-refractivity contribution in [2.45, 2.75) is 24.3 Å². The van der Waals surface area contributed by atoms with E-state index in [0.717, 1.165) is 17.7 Å². The molecule has 1 amide bonds. The fraction of sp³-hybridized carbons (Fsp3) is 0.263. The molecule has 7 nitrogen and oxygen atoms in total. The number of nitrogens with zero attached hydrogens (tertiary/aromatic N) is 3. The molecule has 1 N–H and O–H groups in total. The Kier molecular flexibility index (Phi) is 5.29. The van der Waals surface area contributed by atoms with E-state index in [9.17, 15) is 13.2 Å². The lowest BCUT2D eigenvalue weighted by molar-refractivity contribution is 0.102. The zero-order chi connectivity index (χ0) is 19.6. The summed E-state index contributed by atoms with van der Waals surface area (Å²) in [6.45, 7) is 1.69. The summed E-state index contributed by atoms with van der Waals surface area (Å²) >= 11 is 1.62. The molecule has 1 saturated heterocycles. The quantitative estimate of drug-likeness (QED) is 0.669. The lowest BCUT2D eigenvalue weighted by atomic mass is 10.2. The third-order valence-corrected chi connectivity index (χ3v) is 7.44. The van der Waals surface area contributed by atoms with E-state index in [1.807, 2.05) is 17.5 Å². The molecular weight excluding hydrogens is 396 g/mol. The number of carbonyl (C=O) groups excluding carboxylic acids is 1. The van der Waals surface area contributed by atoms with Crippen LogP contribution in [0.5, 0.6) is 0 Å². The maximum atomic E-state index is 12.6. The smallest absolute Gasteiger partial charge is 0.256 e. The Bertz CT molecular complexity index is 1050.